The third-order valence-corrected chi connectivity index (χ3v) is 4.74. The SMILES string of the molecule is CC(C)(C)C(=O)OCC1OC(n2cnc3c(N)ncnc32)CC1OC(=O)C(C)(C)C. The molecule has 0 amide bonds. The van der Waals surface area contributed by atoms with E-state index >= 15 is 0 Å². The summed E-state index contributed by atoms with van der Waals surface area (Å²) in [7, 11) is 0. The van der Waals surface area contributed by atoms with Crippen molar-refractivity contribution in [1.29, 1.82) is 0 Å². The first-order valence-corrected chi connectivity index (χ1v) is 9.84. The van der Waals surface area contributed by atoms with Gasteiger partial charge in [-0.05, 0) is 41.5 Å². The van der Waals surface area contributed by atoms with Gasteiger partial charge in [0.2, 0.25) is 0 Å². The first-order chi connectivity index (χ1) is 13.9. The molecule has 3 heterocycles. The van der Waals surface area contributed by atoms with E-state index in [1.807, 2.05) is 0 Å². The summed E-state index contributed by atoms with van der Waals surface area (Å²) in [4.78, 5) is 37.1. The van der Waals surface area contributed by atoms with Gasteiger partial charge in [0, 0.05) is 6.42 Å². The zero-order valence-corrected chi connectivity index (χ0v) is 18.2. The first-order valence-electron chi connectivity index (χ1n) is 9.84. The molecule has 3 atom stereocenters. The van der Waals surface area contributed by atoms with Crippen molar-refractivity contribution in [3.8, 4) is 0 Å². The molecule has 0 spiro atoms. The number of imidazole rings is 1. The fourth-order valence-electron chi connectivity index (χ4n) is 2.91. The average molecular weight is 419 g/mol. The Labute approximate surface area is 175 Å². The second-order valence-corrected chi connectivity index (χ2v) is 9.49. The van der Waals surface area contributed by atoms with Gasteiger partial charge in [0.1, 0.15) is 36.9 Å². The van der Waals surface area contributed by atoms with Crippen LogP contribution in [-0.4, -0.2) is 50.3 Å². The third kappa shape index (κ3) is 4.53. The number of ether oxygens (including phenoxy) is 3. The molecule has 0 radical (unpaired) electrons. The highest BCUT2D eigenvalue weighted by molar-refractivity contribution is 5.81. The van der Waals surface area contributed by atoms with Crippen molar-refractivity contribution in [2.45, 2.75) is 66.4 Å². The lowest BCUT2D eigenvalue weighted by atomic mass is 9.97. The molecule has 2 aromatic heterocycles. The predicted molar refractivity (Wildman–Crippen MR) is 108 cm³/mol. The maximum Gasteiger partial charge on any atom is 0.311 e. The molecule has 2 aromatic rings. The molecule has 1 aliphatic rings. The molecule has 0 bridgehead atoms. The van der Waals surface area contributed by atoms with E-state index in [1.54, 1.807) is 52.4 Å². The number of carbonyl (C=O) groups excluding carboxylic acids is 2. The van der Waals surface area contributed by atoms with E-state index in [4.69, 9.17) is 19.9 Å². The lowest BCUT2D eigenvalue weighted by molar-refractivity contribution is -0.167. The summed E-state index contributed by atoms with van der Waals surface area (Å²) >= 11 is 0. The van der Waals surface area contributed by atoms with Crippen LogP contribution in [0.5, 0.6) is 0 Å². The molecule has 0 saturated carbocycles. The number of nitrogens with zero attached hydrogens (tertiary/aromatic N) is 4. The number of anilines is 1. The first kappa shape index (κ1) is 21.9. The molecule has 1 saturated heterocycles. The quantitative estimate of drug-likeness (QED) is 0.741. The minimum absolute atomic E-state index is 0.0293. The Morgan fingerprint density at radius 3 is 2.43 bits per heavy atom. The van der Waals surface area contributed by atoms with Crippen molar-refractivity contribution >= 4 is 28.9 Å². The number of hydrogen-bond donors (Lipinski definition) is 1. The number of esters is 2. The van der Waals surface area contributed by atoms with Gasteiger partial charge in [-0.3, -0.25) is 14.2 Å². The van der Waals surface area contributed by atoms with Gasteiger partial charge in [-0.25, -0.2) is 15.0 Å². The van der Waals surface area contributed by atoms with Gasteiger partial charge in [0.05, 0.1) is 17.2 Å². The fraction of sp³-hybridized carbons (Fsp3) is 0.650. The largest absolute Gasteiger partial charge is 0.462 e. The van der Waals surface area contributed by atoms with Crippen LogP contribution in [0.2, 0.25) is 0 Å². The van der Waals surface area contributed by atoms with Crippen molar-refractivity contribution in [3.63, 3.8) is 0 Å². The highest BCUT2D eigenvalue weighted by Crippen LogP contribution is 2.34. The van der Waals surface area contributed by atoms with Crippen LogP contribution in [0.1, 0.15) is 54.2 Å². The van der Waals surface area contributed by atoms with E-state index in [2.05, 4.69) is 15.0 Å². The molecule has 0 aromatic carbocycles. The fourth-order valence-corrected chi connectivity index (χ4v) is 2.91. The number of fused-ring (bicyclic) bond motifs is 1. The van der Waals surface area contributed by atoms with Crippen molar-refractivity contribution in [2.75, 3.05) is 12.3 Å². The van der Waals surface area contributed by atoms with Gasteiger partial charge >= 0.3 is 11.9 Å². The second kappa shape index (κ2) is 7.82. The van der Waals surface area contributed by atoms with Crippen LogP contribution in [0.4, 0.5) is 5.82 Å². The normalized spacial score (nSPS) is 22.3. The van der Waals surface area contributed by atoms with Gasteiger partial charge in [0.25, 0.3) is 0 Å². The predicted octanol–water partition coefficient (Wildman–Crippen LogP) is 2.24. The van der Waals surface area contributed by atoms with Gasteiger partial charge in [0.15, 0.2) is 11.5 Å². The number of hydrogen-bond acceptors (Lipinski definition) is 9. The molecule has 2 N–H and O–H groups in total. The summed E-state index contributed by atoms with van der Waals surface area (Å²) in [5.74, 6) is -0.446. The lowest BCUT2D eigenvalue weighted by Gasteiger charge is -2.24. The number of aromatic nitrogens is 4. The molecule has 10 nitrogen and oxygen atoms in total. The topological polar surface area (TPSA) is 131 Å². The molecule has 0 aliphatic carbocycles. The van der Waals surface area contributed by atoms with Crippen LogP contribution < -0.4 is 5.73 Å². The number of carbonyl (C=O) groups is 2. The Balaban J connectivity index is 1.82. The van der Waals surface area contributed by atoms with Crippen molar-refractivity contribution < 1.29 is 23.8 Å². The second-order valence-electron chi connectivity index (χ2n) is 9.49. The Hall–Kier alpha value is -2.75. The molecule has 3 unspecified atom stereocenters. The van der Waals surface area contributed by atoms with Gasteiger partial charge in [-0.1, -0.05) is 0 Å². The van der Waals surface area contributed by atoms with Crippen LogP contribution in [0.25, 0.3) is 11.2 Å². The lowest BCUT2D eigenvalue weighted by Crippen LogP contribution is -2.36. The van der Waals surface area contributed by atoms with Crippen molar-refractivity contribution in [3.05, 3.63) is 12.7 Å². The van der Waals surface area contributed by atoms with Gasteiger partial charge in [-0.15, -0.1) is 0 Å². The minimum atomic E-state index is -0.673. The monoisotopic (exact) mass is 419 g/mol. The molecular formula is C20H29N5O5. The van der Waals surface area contributed by atoms with E-state index in [0.717, 1.165) is 0 Å². The van der Waals surface area contributed by atoms with E-state index in [0.29, 0.717) is 17.6 Å². The maximum absolute atomic E-state index is 12.5. The summed E-state index contributed by atoms with van der Waals surface area (Å²) < 4.78 is 19.0. The van der Waals surface area contributed by atoms with E-state index in [9.17, 15) is 9.59 Å². The Bertz CT molecular complexity index is 943. The van der Waals surface area contributed by atoms with Crippen LogP contribution in [-0.2, 0) is 23.8 Å². The molecule has 164 valence electrons. The Morgan fingerprint density at radius 2 is 1.80 bits per heavy atom. The molecule has 1 fully saturated rings. The van der Waals surface area contributed by atoms with E-state index in [-0.39, 0.29) is 24.4 Å². The summed E-state index contributed by atoms with van der Waals surface area (Å²) in [5, 5.41) is 0. The zero-order valence-electron chi connectivity index (χ0n) is 18.2. The highest BCUT2D eigenvalue weighted by Gasteiger charge is 2.42. The minimum Gasteiger partial charge on any atom is -0.462 e. The summed E-state index contributed by atoms with van der Waals surface area (Å²) in [6, 6.07) is 0. The molecule has 30 heavy (non-hydrogen) atoms. The molecular weight excluding hydrogens is 390 g/mol. The van der Waals surface area contributed by atoms with Crippen LogP contribution in [0.15, 0.2) is 12.7 Å². The maximum atomic E-state index is 12.5. The van der Waals surface area contributed by atoms with E-state index < -0.39 is 29.3 Å². The van der Waals surface area contributed by atoms with Crippen LogP contribution in [0.3, 0.4) is 0 Å². The summed E-state index contributed by atoms with van der Waals surface area (Å²) in [5.41, 5.74) is 5.52. The smallest absolute Gasteiger partial charge is 0.311 e. The van der Waals surface area contributed by atoms with Crippen LogP contribution in [0, 0.1) is 10.8 Å². The van der Waals surface area contributed by atoms with Gasteiger partial charge < -0.3 is 19.9 Å². The molecule has 1 aliphatic heterocycles. The standard InChI is InChI=1S/C20H29N5O5/c1-19(2,3)17(26)28-8-12-11(30-18(27)20(4,5)6)7-13(29-12)25-10-24-14-15(21)22-9-23-16(14)25/h9-13H,7-8H2,1-6H3,(H2,21,22,23). The number of rotatable bonds is 4. The summed E-state index contributed by atoms with van der Waals surface area (Å²) in [6.45, 7) is 10.6. The highest BCUT2D eigenvalue weighted by atomic mass is 16.6. The van der Waals surface area contributed by atoms with E-state index in [1.165, 1.54) is 6.33 Å². The summed E-state index contributed by atoms with van der Waals surface area (Å²) in [6.07, 6.45) is 1.54. The zero-order chi connectivity index (χ0) is 22.3. The van der Waals surface area contributed by atoms with Gasteiger partial charge in [-0.2, -0.15) is 0 Å². The van der Waals surface area contributed by atoms with Crippen molar-refractivity contribution in [2.24, 2.45) is 10.8 Å². The Morgan fingerprint density at radius 1 is 1.13 bits per heavy atom. The van der Waals surface area contributed by atoms with Crippen molar-refractivity contribution in [1.82, 2.24) is 19.5 Å². The average Bonchev–Trinajstić information content (AvgIpc) is 3.22. The van der Waals surface area contributed by atoms with Crippen LogP contribution >= 0.6 is 0 Å². The number of nitrogens with two attached hydrogens (primary N) is 1. The number of nitrogen functional groups attached to an aromatic ring is 1. The molecule has 3 rings (SSSR count). The third-order valence-electron chi connectivity index (χ3n) is 4.74. The molecule has 10 heteroatoms. The Kier molecular flexibility index (Phi) is 5.72.